The Morgan fingerprint density at radius 3 is 2.63 bits per heavy atom. The van der Waals surface area contributed by atoms with E-state index in [-0.39, 0.29) is 11.7 Å². The SMILES string of the molecule is CCc1ccccc1NC(=O)c1cc(NCCc2ccc(F)cc2)ncn1. The van der Waals surface area contributed by atoms with Gasteiger partial charge in [-0.05, 0) is 42.2 Å². The first-order chi connectivity index (χ1) is 13.2. The summed E-state index contributed by atoms with van der Waals surface area (Å²) in [7, 11) is 0. The molecular weight excluding hydrogens is 343 g/mol. The Morgan fingerprint density at radius 1 is 1.07 bits per heavy atom. The molecule has 0 unspecified atom stereocenters. The van der Waals surface area contributed by atoms with Crippen LogP contribution in [0.4, 0.5) is 15.9 Å². The fraction of sp³-hybridized carbons (Fsp3) is 0.190. The lowest BCUT2D eigenvalue weighted by molar-refractivity contribution is 0.102. The zero-order valence-corrected chi connectivity index (χ0v) is 15.1. The van der Waals surface area contributed by atoms with Crippen molar-refractivity contribution in [2.24, 2.45) is 0 Å². The van der Waals surface area contributed by atoms with E-state index in [4.69, 9.17) is 0 Å². The second-order valence-electron chi connectivity index (χ2n) is 6.06. The smallest absolute Gasteiger partial charge is 0.274 e. The maximum Gasteiger partial charge on any atom is 0.274 e. The number of para-hydroxylation sites is 1. The Bertz CT molecular complexity index is 912. The third kappa shape index (κ3) is 5.10. The molecule has 0 spiro atoms. The quantitative estimate of drug-likeness (QED) is 0.663. The number of hydrogen-bond donors (Lipinski definition) is 2. The highest BCUT2D eigenvalue weighted by molar-refractivity contribution is 6.03. The molecule has 27 heavy (non-hydrogen) atoms. The first-order valence-electron chi connectivity index (χ1n) is 8.85. The van der Waals surface area contributed by atoms with E-state index in [1.54, 1.807) is 18.2 Å². The molecule has 3 rings (SSSR count). The molecule has 5 nitrogen and oxygen atoms in total. The number of halogens is 1. The number of benzene rings is 2. The highest BCUT2D eigenvalue weighted by Crippen LogP contribution is 2.16. The van der Waals surface area contributed by atoms with Crippen molar-refractivity contribution in [2.75, 3.05) is 17.2 Å². The Morgan fingerprint density at radius 2 is 1.85 bits per heavy atom. The van der Waals surface area contributed by atoms with Gasteiger partial charge >= 0.3 is 0 Å². The van der Waals surface area contributed by atoms with Crippen molar-refractivity contribution in [3.8, 4) is 0 Å². The van der Waals surface area contributed by atoms with E-state index in [1.807, 2.05) is 31.2 Å². The van der Waals surface area contributed by atoms with Gasteiger partial charge in [0, 0.05) is 18.3 Å². The van der Waals surface area contributed by atoms with Crippen LogP contribution in [0.2, 0.25) is 0 Å². The monoisotopic (exact) mass is 364 g/mol. The molecule has 2 N–H and O–H groups in total. The minimum absolute atomic E-state index is 0.247. The lowest BCUT2D eigenvalue weighted by Crippen LogP contribution is -2.16. The normalized spacial score (nSPS) is 10.4. The Labute approximate surface area is 157 Å². The number of carbonyl (C=O) groups excluding carboxylic acids is 1. The molecule has 0 aliphatic heterocycles. The van der Waals surface area contributed by atoms with E-state index < -0.39 is 0 Å². The summed E-state index contributed by atoms with van der Waals surface area (Å²) < 4.78 is 12.9. The Hall–Kier alpha value is -3.28. The standard InChI is InChI=1S/C21H21FN4O/c1-2-16-5-3-4-6-18(16)26-21(27)19-13-20(25-14-24-19)23-12-11-15-7-9-17(22)10-8-15/h3-10,13-14H,2,11-12H2,1H3,(H,26,27)(H,23,24,25). The van der Waals surface area contributed by atoms with Crippen molar-refractivity contribution in [3.05, 3.63) is 83.6 Å². The van der Waals surface area contributed by atoms with Gasteiger partial charge in [0.25, 0.3) is 5.91 Å². The van der Waals surface area contributed by atoms with Gasteiger partial charge in [0.1, 0.15) is 23.7 Å². The number of hydrogen-bond acceptors (Lipinski definition) is 4. The van der Waals surface area contributed by atoms with Crippen LogP contribution in [-0.2, 0) is 12.8 Å². The second kappa shape index (κ2) is 8.89. The van der Waals surface area contributed by atoms with Gasteiger partial charge < -0.3 is 10.6 Å². The van der Waals surface area contributed by atoms with E-state index in [0.717, 1.165) is 29.7 Å². The lowest BCUT2D eigenvalue weighted by atomic mass is 10.1. The van der Waals surface area contributed by atoms with Crippen LogP contribution in [-0.4, -0.2) is 22.4 Å². The van der Waals surface area contributed by atoms with Gasteiger partial charge in [0.15, 0.2) is 0 Å². The molecule has 0 fully saturated rings. The zero-order valence-electron chi connectivity index (χ0n) is 15.1. The molecule has 3 aromatic rings. The number of amides is 1. The van der Waals surface area contributed by atoms with Crippen molar-refractivity contribution in [2.45, 2.75) is 19.8 Å². The topological polar surface area (TPSA) is 66.9 Å². The summed E-state index contributed by atoms with van der Waals surface area (Å²) in [5.41, 5.74) is 3.17. The molecule has 0 atom stereocenters. The summed E-state index contributed by atoms with van der Waals surface area (Å²) in [6, 6.07) is 15.7. The fourth-order valence-corrected chi connectivity index (χ4v) is 2.70. The second-order valence-corrected chi connectivity index (χ2v) is 6.06. The average Bonchev–Trinajstić information content (AvgIpc) is 2.70. The number of nitrogens with one attached hydrogen (secondary N) is 2. The number of rotatable bonds is 7. The van der Waals surface area contributed by atoms with Crippen LogP contribution in [0.15, 0.2) is 60.9 Å². The predicted octanol–water partition coefficient (Wildman–Crippen LogP) is 4.09. The maximum atomic E-state index is 12.9. The number of aromatic nitrogens is 2. The molecule has 0 bridgehead atoms. The van der Waals surface area contributed by atoms with Crippen LogP contribution in [0.3, 0.4) is 0 Å². The lowest BCUT2D eigenvalue weighted by Gasteiger charge is -2.10. The van der Waals surface area contributed by atoms with E-state index in [1.165, 1.54) is 18.5 Å². The van der Waals surface area contributed by atoms with Crippen LogP contribution in [0.25, 0.3) is 0 Å². The van der Waals surface area contributed by atoms with Gasteiger partial charge in [-0.3, -0.25) is 4.79 Å². The number of anilines is 2. The molecule has 0 radical (unpaired) electrons. The molecule has 138 valence electrons. The summed E-state index contributed by atoms with van der Waals surface area (Å²) in [6.07, 6.45) is 2.91. The average molecular weight is 364 g/mol. The Balaban J connectivity index is 1.60. The van der Waals surface area contributed by atoms with Crippen molar-refractivity contribution < 1.29 is 9.18 Å². The fourth-order valence-electron chi connectivity index (χ4n) is 2.70. The molecule has 2 aromatic carbocycles. The van der Waals surface area contributed by atoms with Crippen molar-refractivity contribution >= 4 is 17.4 Å². The number of carbonyl (C=O) groups is 1. The molecular formula is C21H21FN4O. The van der Waals surface area contributed by atoms with Gasteiger partial charge in [0.05, 0.1) is 0 Å². The van der Waals surface area contributed by atoms with Gasteiger partial charge in [-0.2, -0.15) is 0 Å². The first kappa shape index (κ1) is 18.5. The highest BCUT2D eigenvalue weighted by atomic mass is 19.1. The van der Waals surface area contributed by atoms with Crippen molar-refractivity contribution in [1.29, 1.82) is 0 Å². The van der Waals surface area contributed by atoms with Gasteiger partial charge in [-0.1, -0.05) is 37.3 Å². The predicted molar refractivity (Wildman–Crippen MR) is 104 cm³/mol. The van der Waals surface area contributed by atoms with Crippen molar-refractivity contribution in [3.63, 3.8) is 0 Å². The summed E-state index contributed by atoms with van der Waals surface area (Å²) >= 11 is 0. The Kier molecular flexibility index (Phi) is 6.10. The van der Waals surface area contributed by atoms with E-state index in [2.05, 4.69) is 20.6 Å². The van der Waals surface area contributed by atoms with Crippen LogP contribution >= 0.6 is 0 Å². The minimum atomic E-state index is -0.278. The van der Waals surface area contributed by atoms with E-state index >= 15 is 0 Å². The third-order valence-corrected chi connectivity index (χ3v) is 4.18. The number of aryl methyl sites for hydroxylation is 1. The summed E-state index contributed by atoms with van der Waals surface area (Å²) in [4.78, 5) is 20.7. The molecule has 0 aliphatic rings. The maximum absolute atomic E-state index is 12.9. The molecule has 0 aliphatic carbocycles. The largest absolute Gasteiger partial charge is 0.370 e. The van der Waals surface area contributed by atoms with Gasteiger partial charge in [-0.15, -0.1) is 0 Å². The van der Waals surface area contributed by atoms with Crippen LogP contribution in [0.1, 0.15) is 28.5 Å². The van der Waals surface area contributed by atoms with Crippen LogP contribution in [0, 0.1) is 5.82 Å². The van der Waals surface area contributed by atoms with E-state index in [9.17, 15) is 9.18 Å². The molecule has 6 heteroatoms. The highest BCUT2D eigenvalue weighted by Gasteiger charge is 2.11. The summed E-state index contributed by atoms with van der Waals surface area (Å²) in [5.74, 6) is 0.0451. The molecule has 1 aromatic heterocycles. The third-order valence-electron chi connectivity index (χ3n) is 4.18. The summed E-state index contributed by atoms with van der Waals surface area (Å²) in [6.45, 7) is 2.65. The van der Waals surface area contributed by atoms with Gasteiger partial charge in [-0.25, -0.2) is 14.4 Å². The van der Waals surface area contributed by atoms with Gasteiger partial charge in [0.2, 0.25) is 0 Å². The first-order valence-corrected chi connectivity index (χ1v) is 8.85. The molecule has 0 saturated carbocycles. The minimum Gasteiger partial charge on any atom is -0.370 e. The molecule has 1 amide bonds. The van der Waals surface area contributed by atoms with E-state index in [0.29, 0.717) is 18.1 Å². The molecule has 1 heterocycles. The summed E-state index contributed by atoms with van der Waals surface area (Å²) in [5, 5.41) is 6.06. The van der Waals surface area contributed by atoms with Crippen molar-refractivity contribution in [1.82, 2.24) is 9.97 Å². The number of nitrogens with zero attached hydrogens (tertiary/aromatic N) is 2. The molecule has 0 saturated heterocycles. The van der Waals surface area contributed by atoms with Crippen LogP contribution in [0.5, 0.6) is 0 Å². The zero-order chi connectivity index (χ0) is 19.1. The van der Waals surface area contributed by atoms with Crippen LogP contribution < -0.4 is 10.6 Å².